The van der Waals surface area contributed by atoms with Gasteiger partial charge in [0.2, 0.25) is 0 Å². The van der Waals surface area contributed by atoms with E-state index in [-0.39, 0.29) is 18.3 Å². The van der Waals surface area contributed by atoms with Crippen LogP contribution in [-0.4, -0.2) is 10.6 Å². The van der Waals surface area contributed by atoms with Crippen LogP contribution in [0.5, 0.6) is 11.5 Å². The first-order chi connectivity index (χ1) is 15.8. The lowest BCUT2D eigenvalue weighted by Crippen LogP contribution is -2.25. The van der Waals surface area contributed by atoms with Crippen LogP contribution < -0.4 is 9.47 Å². The Morgan fingerprint density at radius 2 is 1.97 bits per heavy atom. The molecule has 0 saturated heterocycles. The third-order valence-electron chi connectivity index (χ3n) is 5.70. The molecule has 0 spiro atoms. The number of benzene rings is 2. The van der Waals surface area contributed by atoms with Gasteiger partial charge in [-0.3, -0.25) is 4.98 Å². The van der Waals surface area contributed by atoms with Crippen LogP contribution in [0.4, 0.5) is 4.39 Å². The number of aromatic nitrogens is 1. The van der Waals surface area contributed by atoms with E-state index in [1.165, 1.54) is 18.2 Å². The van der Waals surface area contributed by atoms with E-state index in [0.717, 1.165) is 39.9 Å². The predicted molar refractivity (Wildman–Crippen MR) is 128 cm³/mol. The van der Waals surface area contributed by atoms with Crippen molar-refractivity contribution < 1.29 is 13.9 Å². The molecule has 4 nitrogen and oxygen atoms in total. The van der Waals surface area contributed by atoms with Gasteiger partial charge in [-0.15, -0.1) is 0 Å². The van der Waals surface area contributed by atoms with E-state index in [1.807, 2.05) is 24.3 Å². The zero-order valence-electron chi connectivity index (χ0n) is 19.4. The molecule has 1 aromatic heterocycles. The zero-order valence-corrected chi connectivity index (χ0v) is 19.4. The van der Waals surface area contributed by atoms with Gasteiger partial charge in [0.1, 0.15) is 18.0 Å². The minimum Gasteiger partial charge on any atom is -0.483 e. The molecule has 0 saturated carbocycles. The quantitative estimate of drug-likeness (QED) is 0.392. The molecule has 0 N–H and O–H groups in total. The highest BCUT2D eigenvalue weighted by molar-refractivity contribution is 5.87. The number of hydrogen-bond acceptors (Lipinski definition) is 4. The van der Waals surface area contributed by atoms with Crippen molar-refractivity contribution in [2.75, 3.05) is 0 Å². The van der Waals surface area contributed by atoms with Gasteiger partial charge in [-0.2, -0.15) is 5.26 Å². The number of nitriles is 1. The van der Waals surface area contributed by atoms with Gasteiger partial charge in [0.25, 0.3) is 0 Å². The van der Waals surface area contributed by atoms with Gasteiger partial charge < -0.3 is 9.47 Å². The lowest BCUT2D eigenvalue weighted by molar-refractivity contribution is 0.131. The first-order valence-electron chi connectivity index (χ1n) is 11.1. The molecule has 3 aromatic rings. The van der Waals surface area contributed by atoms with Crippen LogP contribution in [0.25, 0.3) is 17.2 Å². The number of hydrogen-bond donors (Lipinski definition) is 0. The van der Waals surface area contributed by atoms with E-state index in [0.29, 0.717) is 11.5 Å². The minimum absolute atomic E-state index is 0.179. The molecule has 4 rings (SSSR count). The molecule has 0 atom stereocenters. The van der Waals surface area contributed by atoms with Crippen LogP contribution in [0.3, 0.4) is 0 Å². The Balaban J connectivity index is 2.01. The summed E-state index contributed by atoms with van der Waals surface area (Å²) in [5, 5.41) is 9.30. The number of fused-ring (bicyclic) bond motifs is 1. The Bertz CT molecular complexity index is 1220. The molecule has 0 unspecified atom stereocenters. The molecular weight excluding hydrogens is 415 g/mol. The highest BCUT2D eigenvalue weighted by atomic mass is 19.1. The lowest BCUT2D eigenvalue weighted by Gasteiger charge is -2.24. The second-order valence-electron chi connectivity index (χ2n) is 9.11. The summed E-state index contributed by atoms with van der Waals surface area (Å²) in [4.78, 5) is 4.38. The molecule has 33 heavy (non-hydrogen) atoms. The number of nitrogens with zero attached hydrogens (tertiary/aromatic N) is 2. The van der Waals surface area contributed by atoms with Gasteiger partial charge in [0.05, 0.1) is 11.8 Å². The second-order valence-corrected chi connectivity index (χ2v) is 9.11. The van der Waals surface area contributed by atoms with Crippen molar-refractivity contribution in [3.63, 3.8) is 0 Å². The number of ether oxygens (including phenoxy) is 2. The van der Waals surface area contributed by atoms with Crippen LogP contribution >= 0.6 is 0 Å². The Kier molecular flexibility index (Phi) is 6.20. The summed E-state index contributed by atoms with van der Waals surface area (Å²) in [6.07, 6.45) is 5.76. The summed E-state index contributed by atoms with van der Waals surface area (Å²) in [5.41, 5.74) is 5.08. The molecular formula is C28H27FN2O2. The minimum atomic E-state index is -0.396. The van der Waals surface area contributed by atoms with E-state index in [2.05, 4.69) is 38.7 Å². The molecule has 0 bridgehead atoms. The fraction of sp³-hybridized carbons (Fsp3) is 0.286. The summed E-state index contributed by atoms with van der Waals surface area (Å²) in [6, 6.07) is 14.1. The van der Waals surface area contributed by atoms with Gasteiger partial charge in [-0.25, -0.2) is 4.39 Å². The van der Waals surface area contributed by atoms with Gasteiger partial charge in [0.15, 0.2) is 11.5 Å². The fourth-order valence-electron chi connectivity index (χ4n) is 4.44. The number of pyridine rings is 1. The maximum absolute atomic E-state index is 13.8. The smallest absolute Gasteiger partial charge is 0.170 e. The highest BCUT2D eigenvalue weighted by Gasteiger charge is 2.38. The standard InChI is InChI=1S/C28H27FN2O2/c1-18(2)24-22(9-7-14-30)25(19-10-12-20(29)13-11-19)27(26-23(24)16-28(3,4)33-26)32-17-21-8-5-6-15-31-21/h5-13,15,18H,16-17H2,1-4H3/b9-7+. The monoisotopic (exact) mass is 442 g/mol. The largest absolute Gasteiger partial charge is 0.483 e. The van der Waals surface area contributed by atoms with E-state index in [1.54, 1.807) is 18.3 Å². The molecule has 168 valence electrons. The van der Waals surface area contributed by atoms with E-state index < -0.39 is 5.60 Å². The Labute approximate surface area is 194 Å². The number of rotatable bonds is 6. The van der Waals surface area contributed by atoms with Crippen LogP contribution in [0.15, 0.2) is 54.7 Å². The summed E-state index contributed by atoms with van der Waals surface area (Å²) in [6.45, 7) is 8.64. The van der Waals surface area contributed by atoms with E-state index in [4.69, 9.17) is 9.47 Å². The fourth-order valence-corrected chi connectivity index (χ4v) is 4.44. The first-order valence-corrected chi connectivity index (χ1v) is 11.1. The lowest BCUT2D eigenvalue weighted by atomic mass is 9.83. The average Bonchev–Trinajstić information content (AvgIpc) is 3.11. The van der Waals surface area contributed by atoms with Crippen molar-refractivity contribution in [2.24, 2.45) is 0 Å². The van der Waals surface area contributed by atoms with Crippen molar-refractivity contribution in [3.8, 4) is 28.7 Å². The number of halogens is 1. The third kappa shape index (κ3) is 4.61. The molecule has 0 aliphatic carbocycles. The summed E-state index contributed by atoms with van der Waals surface area (Å²) < 4.78 is 26.6. The van der Waals surface area contributed by atoms with Crippen LogP contribution in [0.1, 0.15) is 56.0 Å². The van der Waals surface area contributed by atoms with Crippen molar-refractivity contribution in [2.45, 2.75) is 52.2 Å². The molecule has 1 aliphatic heterocycles. The zero-order chi connectivity index (χ0) is 23.6. The highest BCUT2D eigenvalue weighted by Crippen LogP contribution is 2.53. The van der Waals surface area contributed by atoms with E-state index in [9.17, 15) is 9.65 Å². The van der Waals surface area contributed by atoms with Crippen LogP contribution in [0.2, 0.25) is 0 Å². The normalized spacial score (nSPS) is 14.2. The maximum atomic E-state index is 13.8. The van der Waals surface area contributed by atoms with E-state index >= 15 is 0 Å². The van der Waals surface area contributed by atoms with Crippen LogP contribution in [0, 0.1) is 17.1 Å². The van der Waals surface area contributed by atoms with Gasteiger partial charge in [-0.1, -0.05) is 32.0 Å². The third-order valence-corrected chi connectivity index (χ3v) is 5.70. The molecule has 0 amide bonds. The summed E-state index contributed by atoms with van der Waals surface area (Å²) in [5.74, 6) is 1.17. The average molecular weight is 443 g/mol. The van der Waals surface area contributed by atoms with Gasteiger partial charge in [0, 0.05) is 29.8 Å². The molecule has 0 fully saturated rings. The Hall–Kier alpha value is -3.65. The van der Waals surface area contributed by atoms with Crippen molar-refractivity contribution in [1.82, 2.24) is 4.98 Å². The van der Waals surface area contributed by atoms with Crippen molar-refractivity contribution >= 4 is 6.08 Å². The summed E-state index contributed by atoms with van der Waals surface area (Å²) in [7, 11) is 0. The van der Waals surface area contributed by atoms with Gasteiger partial charge in [-0.05, 0) is 66.8 Å². The Morgan fingerprint density at radius 1 is 1.21 bits per heavy atom. The molecule has 1 aliphatic rings. The first kappa shape index (κ1) is 22.5. The Morgan fingerprint density at radius 3 is 2.61 bits per heavy atom. The SMILES string of the molecule is CC(C)c1c(/C=C/C#N)c(-c2ccc(F)cc2)c(OCc2ccccn2)c2c1CC(C)(C)O2. The summed E-state index contributed by atoms with van der Waals surface area (Å²) >= 11 is 0. The molecule has 0 radical (unpaired) electrons. The molecule has 2 aromatic carbocycles. The number of allylic oxidation sites excluding steroid dienone is 1. The maximum Gasteiger partial charge on any atom is 0.170 e. The molecule has 2 heterocycles. The van der Waals surface area contributed by atoms with Gasteiger partial charge >= 0.3 is 0 Å². The van der Waals surface area contributed by atoms with Crippen LogP contribution in [-0.2, 0) is 13.0 Å². The predicted octanol–water partition coefficient (Wildman–Crippen LogP) is 6.84. The van der Waals surface area contributed by atoms with Crippen molar-refractivity contribution in [1.29, 1.82) is 5.26 Å². The second kappa shape index (κ2) is 9.07. The topological polar surface area (TPSA) is 55.1 Å². The van der Waals surface area contributed by atoms with Crippen molar-refractivity contribution in [3.05, 3.63) is 82.9 Å². The molecule has 5 heteroatoms.